The Hall–Kier alpha value is -1.40. The maximum atomic E-state index is 5.66. The van der Waals surface area contributed by atoms with Crippen molar-refractivity contribution in [2.45, 2.75) is 13.0 Å². The summed E-state index contributed by atoms with van der Waals surface area (Å²) in [4.78, 5) is 0. The van der Waals surface area contributed by atoms with E-state index in [0.717, 1.165) is 15.8 Å². The molecule has 0 amide bonds. The zero-order valence-corrected chi connectivity index (χ0v) is 11.1. The Bertz CT molecular complexity index is 525. The van der Waals surface area contributed by atoms with Crippen molar-refractivity contribution in [1.29, 1.82) is 0 Å². The van der Waals surface area contributed by atoms with Crippen LogP contribution in [-0.2, 0) is 0 Å². The summed E-state index contributed by atoms with van der Waals surface area (Å²) in [5.74, 6) is 1.62. The zero-order valence-electron chi connectivity index (χ0n) is 9.48. The lowest BCUT2D eigenvalue weighted by Crippen LogP contribution is -2.04. The van der Waals surface area contributed by atoms with Crippen molar-refractivity contribution in [3.05, 3.63) is 28.6 Å². The largest absolute Gasteiger partial charge is 0.496 e. The second-order valence-electron chi connectivity index (χ2n) is 3.58. The fraction of sp³-hybridized carbons (Fsp3) is 0.273. The number of nitrogens with zero attached hydrogens (tertiary/aromatic N) is 2. The standard InChI is InChI=1S/C11H12BrN3O2/c1-6(13)10-14-15-11(17-10)7-3-4-9(16-2)8(12)5-7/h3-6H,13H2,1-2H3. The third-order valence-corrected chi connectivity index (χ3v) is 2.85. The van der Waals surface area contributed by atoms with Crippen molar-refractivity contribution in [1.82, 2.24) is 10.2 Å². The van der Waals surface area contributed by atoms with Crippen LogP contribution >= 0.6 is 15.9 Å². The molecule has 0 aliphatic rings. The van der Waals surface area contributed by atoms with Crippen LogP contribution in [0.1, 0.15) is 18.9 Å². The average Bonchev–Trinajstić information content (AvgIpc) is 2.78. The third-order valence-electron chi connectivity index (χ3n) is 2.23. The van der Waals surface area contributed by atoms with Crippen LogP contribution in [0.25, 0.3) is 11.5 Å². The van der Waals surface area contributed by atoms with E-state index in [4.69, 9.17) is 14.9 Å². The molecule has 2 aromatic rings. The van der Waals surface area contributed by atoms with Gasteiger partial charge in [0.2, 0.25) is 11.8 Å². The van der Waals surface area contributed by atoms with E-state index in [1.807, 2.05) is 18.2 Å². The Morgan fingerprint density at radius 1 is 1.41 bits per heavy atom. The Morgan fingerprint density at radius 2 is 2.18 bits per heavy atom. The van der Waals surface area contributed by atoms with Gasteiger partial charge in [0.25, 0.3) is 0 Å². The zero-order chi connectivity index (χ0) is 12.4. The van der Waals surface area contributed by atoms with Gasteiger partial charge in [-0.15, -0.1) is 10.2 Å². The average molecular weight is 298 g/mol. The number of benzene rings is 1. The first kappa shape index (κ1) is 12.1. The van der Waals surface area contributed by atoms with E-state index in [1.54, 1.807) is 14.0 Å². The first-order valence-electron chi connectivity index (χ1n) is 5.04. The van der Waals surface area contributed by atoms with Crippen LogP contribution in [0.15, 0.2) is 27.1 Å². The van der Waals surface area contributed by atoms with Crippen molar-refractivity contribution in [3.8, 4) is 17.2 Å². The molecule has 90 valence electrons. The highest BCUT2D eigenvalue weighted by Crippen LogP contribution is 2.30. The lowest BCUT2D eigenvalue weighted by atomic mass is 10.2. The molecular formula is C11H12BrN3O2. The summed E-state index contributed by atoms with van der Waals surface area (Å²) in [5, 5.41) is 7.82. The minimum atomic E-state index is -0.266. The Balaban J connectivity index is 2.36. The minimum absolute atomic E-state index is 0.266. The quantitative estimate of drug-likeness (QED) is 0.942. The summed E-state index contributed by atoms with van der Waals surface area (Å²) >= 11 is 3.40. The molecule has 1 unspecified atom stereocenters. The molecule has 1 aromatic carbocycles. The molecule has 1 aromatic heterocycles. The molecule has 0 spiro atoms. The maximum Gasteiger partial charge on any atom is 0.247 e. The Kier molecular flexibility index (Phi) is 3.44. The topological polar surface area (TPSA) is 74.2 Å². The Labute approximate surface area is 107 Å². The van der Waals surface area contributed by atoms with Gasteiger partial charge in [-0.05, 0) is 41.1 Å². The summed E-state index contributed by atoms with van der Waals surface area (Å²) in [7, 11) is 1.61. The van der Waals surface area contributed by atoms with Crippen molar-refractivity contribution < 1.29 is 9.15 Å². The summed E-state index contributed by atoms with van der Waals surface area (Å²) in [6.45, 7) is 1.79. The second kappa shape index (κ2) is 4.85. The molecule has 1 atom stereocenters. The van der Waals surface area contributed by atoms with E-state index in [2.05, 4.69) is 26.1 Å². The van der Waals surface area contributed by atoms with Crippen LogP contribution in [0.2, 0.25) is 0 Å². The fourth-order valence-corrected chi connectivity index (χ4v) is 1.88. The molecule has 0 aliphatic carbocycles. The fourth-order valence-electron chi connectivity index (χ4n) is 1.33. The van der Waals surface area contributed by atoms with Crippen molar-refractivity contribution >= 4 is 15.9 Å². The molecule has 2 N–H and O–H groups in total. The van der Waals surface area contributed by atoms with E-state index in [1.165, 1.54) is 0 Å². The van der Waals surface area contributed by atoms with E-state index in [9.17, 15) is 0 Å². The number of rotatable bonds is 3. The molecule has 1 heterocycles. The molecule has 0 saturated heterocycles. The summed E-state index contributed by atoms with van der Waals surface area (Å²) in [6.07, 6.45) is 0. The third kappa shape index (κ3) is 2.48. The number of hydrogen-bond donors (Lipinski definition) is 1. The van der Waals surface area contributed by atoms with Crippen LogP contribution in [-0.4, -0.2) is 17.3 Å². The molecule has 5 nitrogen and oxygen atoms in total. The van der Waals surface area contributed by atoms with Gasteiger partial charge in [0.1, 0.15) is 5.75 Å². The number of halogens is 1. The van der Waals surface area contributed by atoms with Crippen LogP contribution in [0, 0.1) is 0 Å². The molecule has 0 fully saturated rings. The number of hydrogen-bond acceptors (Lipinski definition) is 5. The van der Waals surface area contributed by atoms with E-state index in [-0.39, 0.29) is 6.04 Å². The van der Waals surface area contributed by atoms with E-state index in [0.29, 0.717) is 11.8 Å². The molecule has 0 saturated carbocycles. The van der Waals surface area contributed by atoms with Gasteiger partial charge >= 0.3 is 0 Å². The summed E-state index contributed by atoms with van der Waals surface area (Å²) in [5.41, 5.74) is 6.47. The van der Waals surface area contributed by atoms with Crippen LogP contribution in [0.5, 0.6) is 5.75 Å². The predicted octanol–water partition coefficient (Wildman–Crippen LogP) is 2.53. The number of aromatic nitrogens is 2. The highest BCUT2D eigenvalue weighted by atomic mass is 79.9. The SMILES string of the molecule is COc1ccc(-c2nnc(C(C)N)o2)cc1Br. The molecule has 0 aliphatic heterocycles. The van der Waals surface area contributed by atoms with Crippen LogP contribution in [0.3, 0.4) is 0 Å². The smallest absolute Gasteiger partial charge is 0.247 e. The summed E-state index contributed by atoms with van der Waals surface area (Å²) in [6, 6.07) is 5.27. The number of nitrogens with two attached hydrogens (primary N) is 1. The van der Waals surface area contributed by atoms with Crippen LogP contribution in [0.4, 0.5) is 0 Å². The van der Waals surface area contributed by atoms with Gasteiger partial charge in [0.15, 0.2) is 0 Å². The molecule has 0 bridgehead atoms. The van der Waals surface area contributed by atoms with Gasteiger partial charge in [-0.3, -0.25) is 0 Å². The Morgan fingerprint density at radius 3 is 2.71 bits per heavy atom. The van der Waals surface area contributed by atoms with Crippen LogP contribution < -0.4 is 10.5 Å². The maximum absolute atomic E-state index is 5.66. The number of ether oxygens (including phenoxy) is 1. The van der Waals surface area contributed by atoms with Crippen molar-refractivity contribution in [3.63, 3.8) is 0 Å². The second-order valence-corrected chi connectivity index (χ2v) is 4.44. The molecule has 0 radical (unpaired) electrons. The first-order valence-corrected chi connectivity index (χ1v) is 5.84. The minimum Gasteiger partial charge on any atom is -0.496 e. The summed E-state index contributed by atoms with van der Waals surface area (Å²) < 4.78 is 11.4. The normalized spacial score (nSPS) is 12.5. The predicted molar refractivity (Wildman–Crippen MR) is 66.6 cm³/mol. The monoisotopic (exact) mass is 297 g/mol. The van der Waals surface area contributed by atoms with Gasteiger partial charge in [0.05, 0.1) is 17.6 Å². The van der Waals surface area contributed by atoms with Crippen molar-refractivity contribution in [2.75, 3.05) is 7.11 Å². The van der Waals surface area contributed by atoms with Gasteiger partial charge in [-0.1, -0.05) is 0 Å². The van der Waals surface area contributed by atoms with E-state index < -0.39 is 0 Å². The van der Waals surface area contributed by atoms with Gasteiger partial charge in [-0.25, -0.2) is 0 Å². The van der Waals surface area contributed by atoms with Crippen molar-refractivity contribution in [2.24, 2.45) is 5.73 Å². The molecule has 17 heavy (non-hydrogen) atoms. The lowest BCUT2D eigenvalue weighted by molar-refractivity contribution is 0.412. The van der Waals surface area contributed by atoms with Gasteiger partial charge in [0, 0.05) is 5.56 Å². The van der Waals surface area contributed by atoms with Gasteiger partial charge in [-0.2, -0.15) is 0 Å². The molecule has 2 rings (SSSR count). The number of methoxy groups -OCH3 is 1. The lowest BCUT2D eigenvalue weighted by Gasteiger charge is -2.03. The molecule has 6 heteroatoms. The first-order chi connectivity index (χ1) is 8.11. The highest BCUT2D eigenvalue weighted by Gasteiger charge is 2.12. The molecular weight excluding hydrogens is 286 g/mol. The van der Waals surface area contributed by atoms with Gasteiger partial charge < -0.3 is 14.9 Å². The highest BCUT2D eigenvalue weighted by molar-refractivity contribution is 9.10. The van der Waals surface area contributed by atoms with E-state index >= 15 is 0 Å².